The van der Waals surface area contributed by atoms with Gasteiger partial charge in [-0.25, -0.2) is 13.8 Å². The molecule has 0 atom stereocenters. The molecule has 1 aromatic heterocycles. The summed E-state index contributed by atoms with van der Waals surface area (Å²) in [6.07, 6.45) is 0. The lowest BCUT2D eigenvalue weighted by Crippen LogP contribution is -2.36. The summed E-state index contributed by atoms with van der Waals surface area (Å²) >= 11 is 0. The van der Waals surface area contributed by atoms with Gasteiger partial charge in [-0.3, -0.25) is 4.79 Å². The van der Waals surface area contributed by atoms with Crippen molar-refractivity contribution in [2.24, 2.45) is 0 Å². The van der Waals surface area contributed by atoms with Crippen LogP contribution < -0.4 is 15.5 Å². The first-order chi connectivity index (χ1) is 10.1. The normalized spacial score (nSPS) is 13.7. The molecule has 0 unspecified atom stereocenters. The van der Waals surface area contributed by atoms with Crippen LogP contribution in [-0.2, 0) is 4.79 Å². The predicted octanol–water partition coefficient (Wildman–Crippen LogP) is 2.49. The Bertz CT molecular complexity index is 720. The molecule has 2 N–H and O–H groups in total. The lowest BCUT2D eigenvalue weighted by atomic mass is 10.2. The number of hydrogen-bond donors (Lipinski definition) is 2. The number of para-hydroxylation sites is 2. The highest BCUT2D eigenvalue weighted by molar-refractivity contribution is 6.02. The first-order valence-electron chi connectivity index (χ1n) is 6.30. The third-order valence-electron chi connectivity index (χ3n) is 3.17. The van der Waals surface area contributed by atoms with Crippen molar-refractivity contribution in [3.8, 4) is 0 Å². The van der Waals surface area contributed by atoms with Gasteiger partial charge >= 0.3 is 0 Å². The van der Waals surface area contributed by atoms with E-state index in [0.717, 1.165) is 6.07 Å². The largest absolute Gasteiger partial charge is 0.371 e. The zero-order chi connectivity index (χ0) is 15.0. The number of hydrogen-bond acceptors (Lipinski definition) is 4. The summed E-state index contributed by atoms with van der Waals surface area (Å²) in [4.78, 5) is 17.1. The number of anilines is 4. The SMILES string of the molecule is CNc1nc(N2CC(=O)Nc3ccccc32)c(F)cc1F. The maximum atomic E-state index is 14.1. The number of halogens is 2. The van der Waals surface area contributed by atoms with E-state index < -0.39 is 11.6 Å². The van der Waals surface area contributed by atoms with Gasteiger partial charge in [0.2, 0.25) is 5.91 Å². The van der Waals surface area contributed by atoms with Crippen LogP contribution in [0.4, 0.5) is 31.8 Å². The number of nitrogens with zero attached hydrogens (tertiary/aromatic N) is 2. The fourth-order valence-electron chi connectivity index (χ4n) is 2.24. The summed E-state index contributed by atoms with van der Waals surface area (Å²) < 4.78 is 27.6. The quantitative estimate of drug-likeness (QED) is 0.892. The van der Waals surface area contributed by atoms with Crippen molar-refractivity contribution in [2.75, 3.05) is 29.1 Å². The van der Waals surface area contributed by atoms with Crippen LogP contribution in [0.1, 0.15) is 0 Å². The van der Waals surface area contributed by atoms with E-state index in [0.29, 0.717) is 11.4 Å². The molecule has 1 aliphatic heterocycles. The Balaban J connectivity index is 2.15. The Hall–Kier alpha value is -2.70. The van der Waals surface area contributed by atoms with Gasteiger partial charge in [0.25, 0.3) is 0 Å². The highest BCUT2D eigenvalue weighted by Gasteiger charge is 2.26. The number of amides is 1. The lowest BCUT2D eigenvalue weighted by Gasteiger charge is -2.30. The Morgan fingerprint density at radius 3 is 2.81 bits per heavy atom. The van der Waals surface area contributed by atoms with Crippen LogP contribution in [-0.4, -0.2) is 24.5 Å². The summed E-state index contributed by atoms with van der Waals surface area (Å²) in [6.45, 7) is -0.0876. The van der Waals surface area contributed by atoms with Crippen molar-refractivity contribution < 1.29 is 13.6 Å². The van der Waals surface area contributed by atoms with Crippen molar-refractivity contribution in [1.82, 2.24) is 4.98 Å². The monoisotopic (exact) mass is 290 g/mol. The molecule has 1 aliphatic rings. The molecule has 3 rings (SSSR count). The number of carbonyl (C=O) groups is 1. The van der Waals surface area contributed by atoms with Crippen LogP contribution in [0.15, 0.2) is 30.3 Å². The molecule has 108 valence electrons. The summed E-state index contributed by atoms with van der Waals surface area (Å²) in [5, 5.41) is 5.26. The first kappa shape index (κ1) is 13.3. The number of aromatic nitrogens is 1. The molecule has 0 spiro atoms. The van der Waals surface area contributed by atoms with Crippen LogP contribution in [0, 0.1) is 11.6 Å². The van der Waals surface area contributed by atoms with Gasteiger partial charge in [0, 0.05) is 13.1 Å². The molecular formula is C14H12F2N4O. The summed E-state index contributed by atoms with van der Waals surface area (Å²) in [7, 11) is 1.49. The topological polar surface area (TPSA) is 57.3 Å². The molecule has 21 heavy (non-hydrogen) atoms. The molecule has 0 saturated carbocycles. The van der Waals surface area contributed by atoms with E-state index in [2.05, 4.69) is 15.6 Å². The minimum atomic E-state index is -0.823. The molecule has 0 bridgehead atoms. The van der Waals surface area contributed by atoms with Gasteiger partial charge in [0.15, 0.2) is 23.3 Å². The second-order valence-electron chi connectivity index (χ2n) is 4.53. The molecule has 1 amide bonds. The van der Waals surface area contributed by atoms with E-state index in [1.807, 2.05) is 0 Å². The highest BCUT2D eigenvalue weighted by Crippen LogP contribution is 2.35. The molecule has 0 radical (unpaired) electrons. The Morgan fingerprint density at radius 1 is 1.29 bits per heavy atom. The van der Waals surface area contributed by atoms with Gasteiger partial charge in [-0.05, 0) is 12.1 Å². The van der Waals surface area contributed by atoms with Crippen molar-refractivity contribution >= 4 is 28.9 Å². The lowest BCUT2D eigenvalue weighted by molar-refractivity contribution is -0.115. The Kier molecular flexibility index (Phi) is 3.17. The summed E-state index contributed by atoms with van der Waals surface area (Å²) in [5.74, 6) is -2.06. The van der Waals surface area contributed by atoms with Crippen LogP contribution in [0.3, 0.4) is 0 Å². The predicted molar refractivity (Wildman–Crippen MR) is 75.8 cm³/mol. The van der Waals surface area contributed by atoms with Gasteiger partial charge in [0.1, 0.15) is 6.54 Å². The zero-order valence-corrected chi connectivity index (χ0v) is 11.2. The fraction of sp³-hybridized carbons (Fsp3) is 0.143. The number of fused-ring (bicyclic) bond motifs is 1. The van der Waals surface area contributed by atoms with E-state index in [-0.39, 0.29) is 24.1 Å². The van der Waals surface area contributed by atoms with Crippen LogP contribution in [0.2, 0.25) is 0 Å². The van der Waals surface area contributed by atoms with E-state index >= 15 is 0 Å². The maximum absolute atomic E-state index is 14.1. The molecule has 5 nitrogen and oxygen atoms in total. The minimum absolute atomic E-state index is 0.0742. The molecule has 0 fully saturated rings. The maximum Gasteiger partial charge on any atom is 0.244 e. The number of rotatable bonds is 2. The average Bonchev–Trinajstić information content (AvgIpc) is 2.46. The molecule has 2 heterocycles. The van der Waals surface area contributed by atoms with Gasteiger partial charge in [-0.1, -0.05) is 12.1 Å². The highest BCUT2D eigenvalue weighted by atomic mass is 19.1. The van der Waals surface area contributed by atoms with Crippen LogP contribution in [0.5, 0.6) is 0 Å². The molecule has 2 aromatic rings. The van der Waals surface area contributed by atoms with Crippen molar-refractivity contribution in [3.63, 3.8) is 0 Å². The van der Waals surface area contributed by atoms with Crippen molar-refractivity contribution in [1.29, 1.82) is 0 Å². The number of pyridine rings is 1. The molecule has 1 aromatic carbocycles. The second kappa shape index (κ2) is 5.01. The summed E-state index contributed by atoms with van der Waals surface area (Å²) in [6, 6.07) is 7.72. The van der Waals surface area contributed by atoms with Crippen LogP contribution >= 0.6 is 0 Å². The first-order valence-corrected chi connectivity index (χ1v) is 6.30. The number of nitrogens with one attached hydrogen (secondary N) is 2. The number of carbonyl (C=O) groups excluding carboxylic acids is 1. The summed E-state index contributed by atoms with van der Waals surface area (Å²) in [5.41, 5.74) is 1.17. The number of benzene rings is 1. The molecule has 7 heteroatoms. The van der Waals surface area contributed by atoms with Crippen molar-refractivity contribution in [2.45, 2.75) is 0 Å². The molecule has 0 aliphatic carbocycles. The average molecular weight is 290 g/mol. The van der Waals surface area contributed by atoms with Gasteiger partial charge in [0.05, 0.1) is 11.4 Å². The van der Waals surface area contributed by atoms with Crippen molar-refractivity contribution in [3.05, 3.63) is 42.0 Å². The van der Waals surface area contributed by atoms with Gasteiger partial charge < -0.3 is 15.5 Å². The minimum Gasteiger partial charge on any atom is -0.371 e. The fourth-order valence-corrected chi connectivity index (χ4v) is 2.24. The third-order valence-corrected chi connectivity index (χ3v) is 3.17. The Labute approximate surface area is 119 Å². The Morgan fingerprint density at radius 2 is 2.05 bits per heavy atom. The molecular weight excluding hydrogens is 278 g/mol. The van der Waals surface area contributed by atoms with Gasteiger partial charge in [-0.15, -0.1) is 0 Å². The third kappa shape index (κ3) is 2.26. The van der Waals surface area contributed by atoms with E-state index in [1.54, 1.807) is 24.3 Å². The van der Waals surface area contributed by atoms with Crippen LogP contribution in [0.25, 0.3) is 0 Å². The standard InChI is InChI=1S/C14H12F2N4O/c1-17-13-8(15)6-9(16)14(19-13)20-7-12(21)18-10-4-2-3-5-11(10)20/h2-6H,7H2,1H3,(H,17,19)(H,18,21). The second-order valence-corrected chi connectivity index (χ2v) is 4.53. The van der Waals surface area contributed by atoms with E-state index in [9.17, 15) is 13.6 Å². The van der Waals surface area contributed by atoms with E-state index in [1.165, 1.54) is 11.9 Å². The van der Waals surface area contributed by atoms with Gasteiger partial charge in [-0.2, -0.15) is 0 Å². The zero-order valence-electron chi connectivity index (χ0n) is 11.2. The smallest absolute Gasteiger partial charge is 0.244 e. The van der Waals surface area contributed by atoms with E-state index in [4.69, 9.17) is 0 Å². The molecule has 0 saturated heterocycles.